The number of nitrogens with zero attached hydrogens (tertiary/aromatic N) is 1. The van der Waals surface area contributed by atoms with Crippen molar-refractivity contribution in [2.24, 2.45) is 0 Å². The molecule has 2 N–H and O–H groups in total. The third-order valence-electron chi connectivity index (χ3n) is 3.28. The number of anilines is 1. The monoisotopic (exact) mass is 280 g/mol. The van der Waals surface area contributed by atoms with Crippen LogP contribution in [0.15, 0.2) is 24.3 Å². The standard InChI is InChI=1S/C15H24N2O3/c1-2-20-15-5-3-13(4-6-15)16-11-14(18)12-17-7-9-19-10-8-17/h3-6,14,16,18H,2,7-12H2,1H3. The van der Waals surface area contributed by atoms with Gasteiger partial charge in [0.05, 0.1) is 25.9 Å². The highest BCUT2D eigenvalue weighted by molar-refractivity contribution is 5.46. The van der Waals surface area contributed by atoms with Crippen LogP contribution < -0.4 is 10.1 Å². The van der Waals surface area contributed by atoms with Crippen LogP contribution in [0.2, 0.25) is 0 Å². The summed E-state index contributed by atoms with van der Waals surface area (Å²) >= 11 is 0. The van der Waals surface area contributed by atoms with Crippen molar-refractivity contribution in [2.45, 2.75) is 13.0 Å². The van der Waals surface area contributed by atoms with Crippen LogP contribution in [0.3, 0.4) is 0 Å². The van der Waals surface area contributed by atoms with Gasteiger partial charge in [0, 0.05) is 31.9 Å². The van der Waals surface area contributed by atoms with Gasteiger partial charge in [0.2, 0.25) is 0 Å². The summed E-state index contributed by atoms with van der Waals surface area (Å²) in [5, 5.41) is 13.3. The number of hydrogen-bond acceptors (Lipinski definition) is 5. The Bertz CT molecular complexity index is 377. The molecule has 0 amide bonds. The van der Waals surface area contributed by atoms with Crippen LogP contribution >= 0.6 is 0 Å². The quantitative estimate of drug-likeness (QED) is 0.786. The molecule has 1 atom stereocenters. The predicted molar refractivity (Wildman–Crippen MR) is 79.4 cm³/mol. The van der Waals surface area contributed by atoms with Crippen molar-refractivity contribution in [3.8, 4) is 5.75 Å². The highest BCUT2D eigenvalue weighted by Crippen LogP contribution is 2.15. The molecule has 20 heavy (non-hydrogen) atoms. The summed E-state index contributed by atoms with van der Waals surface area (Å²) in [5.41, 5.74) is 0.995. The summed E-state index contributed by atoms with van der Waals surface area (Å²) in [7, 11) is 0. The van der Waals surface area contributed by atoms with E-state index < -0.39 is 0 Å². The minimum absolute atomic E-state index is 0.375. The third-order valence-corrected chi connectivity index (χ3v) is 3.28. The van der Waals surface area contributed by atoms with Crippen LogP contribution in [-0.2, 0) is 4.74 Å². The maximum atomic E-state index is 10.0. The fraction of sp³-hybridized carbons (Fsp3) is 0.600. The number of nitrogens with one attached hydrogen (secondary N) is 1. The lowest BCUT2D eigenvalue weighted by Gasteiger charge is -2.28. The normalized spacial score (nSPS) is 17.7. The number of β-amino-alcohol motifs (C(OH)–C–C–N with tert-alkyl or cyclic N) is 1. The van der Waals surface area contributed by atoms with Gasteiger partial charge in [0.1, 0.15) is 5.75 Å². The van der Waals surface area contributed by atoms with Gasteiger partial charge in [-0.25, -0.2) is 0 Å². The SMILES string of the molecule is CCOc1ccc(NCC(O)CN2CCOCC2)cc1. The lowest BCUT2D eigenvalue weighted by molar-refractivity contribution is 0.0171. The zero-order valence-corrected chi connectivity index (χ0v) is 12.0. The van der Waals surface area contributed by atoms with Gasteiger partial charge in [-0.3, -0.25) is 4.90 Å². The first-order valence-electron chi connectivity index (χ1n) is 7.23. The Labute approximate surface area is 120 Å². The average Bonchev–Trinajstić information content (AvgIpc) is 2.48. The van der Waals surface area contributed by atoms with Gasteiger partial charge in [-0.15, -0.1) is 0 Å². The molecular formula is C15H24N2O3. The van der Waals surface area contributed by atoms with Crippen molar-refractivity contribution in [3.63, 3.8) is 0 Å². The topological polar surface area (TPSA) is 54.0 Å². The molecule has 0 bridgehead atoms. The summed E-state index contributed by atoms with van der Waals surface area (Å²) in [5.74, 6) is 0.868. The molecule has 0 spiro atoms. The lowest BCUT2D eigenvalue weighted by atomic mass is 10.2. The van der Waals surface area contributed by atoms with Gasteiger partial charge in [-0.2, -0.15) is 0 Å². The van der Waals surface area contributed by atoms with E-state index in [1.54, 1.807) is 0 Å². The average molecular weight is 280 g/mol. The zero-order chi connectivity index (χ0) is 14.2. The molecule has 1 heterocycles. The molecule has 0 radical (unpaired) electrons. The summed E-state index contributed by atoms with van der Waals surface area (Å²) in [6, 6.07) is 7.79. The van der Waals surface area contributed by atoms with E-state index in [0.717, 1.165) is 37.7 Å². The van der Waals surface area contributed by atoms with Crippen molar-refractivity contribution in [2.75, 3.05) is 51.3 Å². The van der Waals surface area contributed by atoms with Crippen molar-refractivity contribution in [3.05, 3.63) is 24.3 Å². The Morgan fingerprint density at radius 1 is 1.30 bits per heavy atom. The lowest BCUT2D eigenvalue weighted by Crippen LogP contribution is -2.42. The minimum atomic E-state index is -0.375. The first kappa shape index (κ1) is 15.1. The van der Waals surface area contributed by atoms with E-state index in [0.29, 0.717) is 19.7 Å². The van der Waals surface area contributed by atoms with Crippen molar-refractivity contribution >= 4 is 5.69 Å². The largest absolute Gasteiger partial charge is 0.494 e. The molecule has 1 aromatic rings. The highest BCUT2D eigenvalue weighted by atomic mass is 16.5. The van der Waals surface area contributed by atoms with E-state index >= 15 is 0 Å². The second kappa shape index (κ2) is 8.09. The molecule has 1 fully saturated rings. The fourth-order valence-electron chi connectivity index (χ4n) is 2.22. The molecule has 1 aliphatic rings. The van der Waals surface area contributed by atoms with Gasteiger partial charge in [-0.1, -0.05) is 0 Å². The number of morpholine rings is 1. The molecule has 5 heteroatoms. The number of rotatable bonds is 7. The summed E-state index contributed by atoms with van der Waals surface area (Å²) in [4.78, 5) is 2.23. The van der Waals surface area contributed by atoms with Gasteiger partial charge < -0.3 is 19.9 Å². The maximum Gasteiger partial charge on any atom is 0.119 e. The molecule has 112 valence electrons. The van der Waals surface area contributed by atoms with Crippen LogP contribution in [-0.4, -0.2) is 62.1 Å². The van der Waals surface area contributed by atoms with Crippen LogP contribution in [0.5, 0.6) is 5.75 Å². The van der Waals surface area contributed by atoms with Crippen molar-refractivity contribution in [1.82, 2.24) is 4.90 Å². The molecule has 1 aromatic carbocycles. The van der Waals surface area contributed by atoms with Crippen LogP contribution in [0.1, 0.15) is 6.92 Å². The predicted octanol–water partition coefficient (Wildman–Crippen LogP) is 1.19. The molecule has 2 rings (SSSR count). The minimum Gasteiger partial charge on any atom is -0.494 e. The van der Waals surface area contributed by atoms with Gasteiger partial charge >= 0.3 is 0 Å². The van der Waals surface area contributed by atoms with E-state index in [1.165, 1.54) is 0 Å². The number of benzene rings is 1. The summed E-state index contributed by atoms with van der Waals surface area (Å²) in [6.07, 6.45) is -0.375. The molecule has 1 saturated heterocycles. The molecule has 1 unspecified atom stereocenters. The molecule has 0 aliphatic carbocycles. The van der Waals surface area contributed by atoms with E-state index in [2.05, 4.69) is 10.2 Å². The Kier molecular flexibility index (Phi) is 6.11. The number of aliphatic hydroxyl groups is 1. The molecule has 0 aromatic heterocycles. The van der Waals surface area contributed by atoms with Crippen LogP contribution in [0.25, 0.3) is 0 Å². The van der Waals surface area contributed by atoms with Gasteiger partial charge in [0.25, 0.3) is 0 Å². The van der Waals surface area contributed by atoms with E-state index in [9.17, 15) is 5.11 Å². The van der Waals surface area contributed by atoms with E-state index in [1.807, 2.05) is 31.2 Å². The Balaban J connectivity index is 1.70. The smallest absolute Gasteiger partial charge is 0.119 e. The first-order chi connectivity index (χ1) is 9.78. The summed E-state index contributed by atoms with van der Waals surface area (Å²) < 4.78 is 10.7. The Hall–Kier alpha value is -1.30. The first-order valence-corrected chi connectivity index (χ1v) is 7.23. The Morgan fingerprint density at radius 2 is 2.00 bits per heavy atom. The fourth-order valence-corrected chi connectivity index (χ4v) is 2.22. The highest BCUT2D eigenvalue weighted by Gasteiger charge is 2.14. The molecule has 0 saturated carbocycles. The molecular weight excluding hydrogens is 256 g/mol. The van der Waals surface area contributed by atoms with E-state index in [-0.39, 0.29) is 6.10 Å². The second-order valence-corrected chi connectivity index (χ2v) is 4.91. The zero-order valence-electron chi connectivity index (χ0n) is 12.0. The molecule has 5 nitrogen and oxygen atoms in total. The van der Waals surface area contributed by atoms with Crippen molar-refractivity contribution < 1.29 is 14.6 Å². The molecule has 1 aliphatic heterocycles. The number of hydrogen-bond donors (Lipinski definition) is 2. The van der Waals surface area contributed by atoms with Gasteiger partial charge in [-0.05, 0) is 31.2 Å². The van der Waals surface area contributed by atoms with Crippen LogP contribution in [0.4, 0.5) is 5.69 Å². The van der Waals surface area contributed by atoms with Crippen LogP contribution in [0, 0.1) is 0 Å². The van der Waals surface area contributed by atoms with E-state index in [4.69, 9.17) is 9.47 Å². The Morgan fingerprint density at radius 3 is 2.65 bits per heavy atom. The second-order valence-electron chi connectivity index (χ2n) is 4.91. The van der Waals surface area contributed by atoms with Gasteiger partial charge in [0.15, 0.2) is 0 Å². The summed E-state index contributed by atoms with van der Waals surface area (Å²) in [6.45, 7) is 7.20. The number of ether oxygens (including phenoxy) is 2. The number of aliphatic hydroxyl groups excluding tert-OH is 1. The van der Waals surface area contributed by atoms with Crippen molar-refractivity contribution in [1.29, 1.82) is 0 Å². The maximum absolute atomic E-state index is 10.0. The third kappa shape index (κ3) is 5.00.